The van der Waals surface area contributed by atoms with Gasteiger partial charge in [-0.2, -0.15) is 0 Å². The van der Waals surface area contributed by atoms with Crippen LogP contribution in [0.1, 0.15) is 15.9 Å². The first kappa shape index (κ1) is 22.6. The lowest BCUT2D eigenvalue weighted by molar-refractivity contribution is -0.117. The summed E-state index contributed by atoms with van der Waals surface area (Å²) in [6.45, 7) is 4.49. The zero-order valence-electron chi connectivity index (χ0n) is 18.2. The van der Waals surface area contributed by atoms with E-state index in [-0.39, 0.29) is 24.2 Å². The summed E-state index contributed by atoms with van der Waals surface area (Å²) in [6.07, 6.45) is 3.60. The van der Waals surface area contributed by atoms with E-state index in [1.807, 2.05) is 12.1 Å². The number of piperazine rings is 1. The molecular weight excluding hydrogens is 421 g/mol. The van der Waals surface area contributed by atoms with E-state index in [0.717, 1.165) is 32.7 Å². The smallest absolute Gasteiger partial charge is 0.257 e. The van der Waals surface area contributed by atoms with Crippen LogP contribution in [-0.4, -0.2) is 59.3 Å². The number of hydrogen-bond acceptors (Lipinski definition) is 5. The Morgan fingerprint density at radius 1 is 0.848 bits per heavy atom. The number of nitrogens with zero attached hydrogens (tertiary/aromatic N) is 3. The van der Waals surface area contributed by atoms with Crippen molar-refractivity contribution in [2.75, 3.05) is 43.4 Å². The molecule has 0 saturated carbocycles. The van der Waals surface area contributed by atoms with Crippen molar-refractivity contribution in [2.24, 2.45) is 0 Å². The van der Waals surface area contributed by atoms with Crippen LogP contribution in [0.15, 0.2) is 73.1 Å². The van der Waals surface area contributed by atoms with Crippen molar-refractivity contribution in [3.63, 3.8) is 0 Å². The number of benzene rings is 2. The quantitative estimate of drug-likeness (QED) is 0.582. The summed E-state index contributed by atoms with van der Waals surface area (Å²) in [5.74, 6) is -0.916. The predicted molar refractivity (Wildman–Crippen MR) is 125 cm³/mol. The number of halogens is 1. The molecule has 0 unspecified atom stereocenters. The molecule has 1 aliphatic rings. The van der Waals surface area contributed by atoms with Gasteiger partial charge >= 0.3 is 0 Å². The number of anilines is 2. The van der Waals surface area contributed by atoms with E-state index in [4.69, 9.17) is 0 Å². The Morgan fingerprint density at radius 2 is 1.52 bits per heavy atom. The molecule has 3 aromatic rings. The van der Waals surface area contributed by atoms with Gasteiger partial charge in [-0.15, -0.1) is 0 Å². The SMILES string of the molecule is O=C(CN1CCN(Cc2ccncc2)CC1)Nc1ccccc1C(=O)Nc1ccc(F)cc1. The molecule has 33 heavy (non-hydrogen) atoms. The van der Waals surface area contributed by atoms with Crippen molar-refractivity contribution in [2.45, 2.75) is 6.54 Å². The number of carbonyl (C=O) groups excluding carboxylic acids is 2. The first-order valence-electron chi connectivity index (χ1n) is 10.9. The van der Waals surface area contributed by atoms with Crippen LogP contribution in [-0.2, 0) is 11.3 Å². The number of carbonyl (C=O) groups is 2. The van der Waals surface area contributed by atoms with E-state index in [2.05, 4.69) is 25.4 Å². The minimum Gasteiger partial charge on any atom is -0.324 e. The molecular formula is C25H26FN5O2. The van der Waals surface area contributed by atoms with Crippen LogP contribution < -0.4 is 10.6 Å². The minimum absolute atomic E-state index is 0.167. The van der Waals surface area contributed by atoms with E-state index in [1.54, 1.807) is 36.7 Å². The second kappa shape index (κ2) is 10.8. The Labute approximate surface area is 192 Å². The molecule has 7 nitrogen and oxygen atoms in total. The fourth-order valence-electron chi connectivity index (χ4n) is 3.77. The molecule has 2 aromatic carbocycles. The molecule has 0 aliphatic carbocycles. The van der Waals surface area contributed by atoms with Gasteiger partial charge in [-0.25, -0.2) is 4.39 Å². The van der Waals surface area contributed by atoms with Gasteiger partial charge in [-0.05, 0) is 54.1 Å². The van der Waals surface area contributed by atoms with Gasteiger partial charge in [0.05, 0.1) is 17.8 Å². The summed E-state index contributed by atoms with van der Waals surface area (Å²) in [5, 5.41) is 5.59. The first-order valence-corrected chi connectivity index (χ1v) is 10.9. The van der Waals surface area contributed by atoms with Crippen LogP contribution in [0.3, 0.4) is 0 Å². The maximum atomic E-state index is 13.1. The van der Waals surface area contributed by atoms with E-state index >= 15 is 0 Å². The minimum atomic E-state index is -0.376. The Balaban J connectivity index is 1.29. The predicted octanol–water partition coefficient (Wildman–Crippen LogP) is 3.23. The lowest BCUT2D eigenvalue weighted by atomic mass is 10.1. The Kier molecular flexibility index (Phi) is 7.39. The highest BCUT2D eigenvalue weighted by molar-refractivity contribution is 6.10. The van der Waals surface area contributed by atoms with Crippen LogP contribution >= 0.6 is 0 Å². The van der Waals surface area contributed by atoms with Gasteiger partial charge in [-0.1, -0.05) is 12.1 Å². The summed E-state index contributed by atoms with van der Waals surface area (Å²) in [5.41, 5.74) is 2.50. The van der Waals surface area contributed by atoms with Gasteiger partial charge in [0.25, 0.3) is 5.91 Å². The van der Waals surface area contributed by atoms with E-state index in [0.29, 0.717) is 16.9 Å². The lowest BCUT2D eigenvalue weighted by Crippen LogP contribution is -2.48. The summed E-state index contributed by atoms with van der Waals surface area (Å²) in [6, 6.07) is 16.4. The largest absolute Gasteiger partial charge is 0.324 e. The van der Waals surface area contributed by atoms with Crippen LogP contribution in [0, 0.1) is 5.82 Å². The third-order valence-electron chi connectivity index (χ3n) is 5.54. The van der Waals surface area contributed by atoms with E-state index < -0.39 is 0 Å². The van der Waals surface area contributed by atoms with Crippen molar-refractivity contribution in [3.05, 3.63) is 90.0 Å². The molecule has 1 fully saturated rings. The second-order valence-electron chi connectivity index (χ2n) is 7.96. The van der Waals surface area contributed by atoms with Crippen molar-refractivity contribution >= 4 is 23.2 Å². The average Bonchev–Trinajstić information content (AvgIpc) is 2.83. The highest BCUT2D eigenvalue weighted by atomic mass is 19.1. The van der Waals surface area contributed by atoms with Crippen LogP contribution in [0.5, 0.6) is 0 Å². The molecule has 0 bridgehead atoms. The van der Waals surface area contributed by atoms with Crippen molar-refractivity contribution in [1.82, 2.24) is 14.8 Å². The van der Waals surface area contributed by atoms with Crippen molar-refractivity contribution in [3.8, 4) is 0 Å². The topological polar surface area (TPSA) is 77.6 Å². The molecule has 2 N–H and O–H groups in total. The number of rotatable bonds is 7. The molecule has 0 atom stereocenters. The van der Waals surface area contributed by atoms with Crippen LogP contribution in [0.2, 0.25) is 0 Å². The number of amides is 2. The number of para-hydroxylation sites is 1. The van der Waals surface area contributed by atoms with Gasteiger partial charge in [0, 0.05) is 50.8 Å². The Hall–Kier alpha value is -3.62. The molecule has 2 heterocycles. The summed E-state index contributed by atoms with van der Waals surface area (Å²) < 4.78 is 13.1. The summed E-state index contributed by atoms with van der Waals surface area (Å²) >= 11 is 0. The van der Waals surface area contributed by atoms with Gasteiger partial charge in [-0.3, -0.25) is 24.4 Å². The molecule has 1 saturated heterocycles. The highest BCUT2D eigenvalue weighted by Gasteiger charge is 2.20. The van der Waals surface area contributed by atoms with Crippen LogP contribution in [0.25, 0.3) is 0 Å². The Morgan fingerprint density at radius 3 is 2.24 bits per heavy atom. The maximum absolute atomic E-state index is 13.1. The van der Waals surface area contributed by atoms with Crippen molar-refractivity contribution < 1.29 is 14.0 Å². The molecule has 0 spiro atoms. The molecule has 1 aromatic heterocycles. The van der Waals surface area contributed by atoms with Gasteiger partial charge in [0.15, 0.2) is 0 Å². The third-order valence-corrected chi connectivity index (χ3v) is 5.54. The molecule has 2 amide bonds. The number of hydrogen-bond donors (Lipinski definition) is 2. The molecule has 4 rings (SSSR count). The molecule has 1 aliphatic heterocycles. The van der Waals surface area contributed by atoms with Gasteiger partial charge in [0.2, 0.25) is 5.91 Å². The number of aromatic nitrogens is 1. The van der Waals surface area contributed by atoms with Crippen molar-refractivity contribution in [1.29, 1.82) is 0 Å². The monoisotopic (exact) mass is 447 g/mol. The second-order valence-corrected chi connectivity index (χ2v) is 7.96. The zero-order chi connectivity index (χ0) is 23.0. The fraction of sp³-hybridized carbons (Fsp3) is 0.240. The number of pyridine rings is 1. The number of nitrogens with one attached hydrogen (secondary N) is 2. The first-order chi connectivity index (χ1) is 16.1. The Bertz CT molecular complexity index is 1080. The fourth-order valence-corrected chi connectivity index (χ4v) is 3.77. The standard InChI is InChI=1S/C25H26FN5O2/c26-20-5-7-21(8-6-20)28-25(33)22-3-1-2-4-23(22)29-24(32)18-31-15-13-30(14-16-31)17-19-9-11-27-12-10-19/h1-12H,13-18H2,(H,28,33)(H,29,32). The zero-order valence-corrected chi connectivity index (χ0v) is 18.2. The van der Waals surface area contributed by atoms with Gasteiger partial charge in [0.1, 0.15) is 5.82 Å². The maximum Gasteiger partial charge on any atom is 0.257 e. The van der Waals surface area contributed by atoms with Crippen LogP contribution in [0.4, 0.5) is 15.8 Å². The summed E-state index contributed by atoms with van der Waals surface area (Å²) in [7, 11) is 0. The highest BCUT2D eigenvalue weighted by Crippen LogP contribution is 2.18. The lowest BCUT2D eigenvalue weighted by Gasteiger charge is -2.34. The van der Waals surface area contributed by atoms with E-state index in [1.165, 1.54) is 29.8 Å². The molecule has 0 radical (unpaired) electrons. The third kappa shape index (κ3) is 6.44. The van der Waals surface area contributed by atoms with Gasteiger partial charge < -0.3 is 10.6 Å². The van der Waals surface area contributed by atoms with E-state index in [9.17, 15) is 14.0 Å². The normalized spacial score (nSPS) is 14.6. The molecule has 170 valence electrons. The summed E-state index contributed by atoms with van der Waals surface area (Å²) in [4.78, 5) is 33.9. The average molecular weight is 448 g/mol. The molecule has 8 heteroatoms.